The highest BCUT2D eigenvalue weighted by molar-refractivity contribution is 5.96. The molecule has 0 saturated carbocycles. The molecule has 1 fully saturated rings. The highest BCUT2D eigenvalue weighted by atomic mass is 16.2. The van der Waals surface area contributed by atoms with Crippen LogP contribution >= 0.6 is 0 Å². The topological polar surface area (TPSA) is 49.6 Å². The first-order valence-corrected chi connectivity index (χ1v) is 7.34. The Balaban J connectivity index is 2.03. The van der Waals surface area contributed by atoms with Crippen molar-refractivity contribution in [3.05, 3.63) is 34.9 Å². The number of amides is 1. The lowest BCUT2D eigenvalue weighted by molar-refractivity contribution is 0.0588. The third-order valence-corrected chi connectivity index (χ3v) is 4.40. The summed E-state index contributed by atoms with van der Waals surface area (Å²) in [5, 5.41) is 0. The number of nitrogens with two attached hydrogens (primary N) is 1. The molecule has 1 aromatic rings. The summed E-state index contributed by atoms with van der Waals surface area (Å²) in [7, 11) is 0. The number of carbonyl (C=O) groups is 1. The minimum Gasteiger partial charge on any atom is -0.336 e. The fourth-order valence-electron chi connectivity index (χ4n) is 2.67. The molecule has 1 unspecified atom stereocenters. The van der Waals surface area contributed by atoms with Crippen LogP contribution in [0.5, 0.6) is 0 Å². The van der Waals surface area contributed by atoms with Crippen LogP contribution in [0.2, 0.25) is 0 Å². The van der Waals surface area contributed by atoms with E-state index in [1.165, 1.54) is 5.56 Å². The highest BCUT2D eigenvalue weighted by Crippen LogP contribution is 2.16. The van der Waals surface area contributed by atoms with Crippen LogP contribution in [0, 0.1) is 13.8 Å². The fourth-order valence-corrected chi connectivity index (χ4v) is 2.67. The van der Waals surface area contributed by atoms with Crippen molar-refractivity contribution in [2.45, 2.75) is 26.8 Å². The first-order valence-electron chi connectivity index (χ1n) is 7.34. The van der Waals surface area contributed by atoms with Gasteiger partial charge in [-0.15, -0.1) is 0 Å². The van der Waals surface area contributed by atoms with Crippen LogP contribution < -0.4 is 5.73 Å². The Kier molecular flexibility index (Phi) is 4.78. The summed E-state index contributed by atoms with van der Waals surface area (Å²) in [6.07, 6.45) is 0. The molecule has 1 aromatic carbocycles. The molecule has 1 amide bonds. The third kappa shape index (κ3) is 3.02. The van der Waals surface area contributed by atoms with Crippen molar-refractivity contribution in [3.63, 3.8) is 0 Å². The molecular weight excluding hydrogens is 250 g/mol. The molecule has 0 aliphatic carbocycles. The third-order valence-electron chi connectivity index (χ3n) is 4.40. The van der Waals surface area contributed by atoms with E-state index in [-0.39, 0.29) is 5.91 Å². The quantitative estimate of drug-likeness (QED) is 0.907. The van der Waals surface area contributed by atoms with Gasteiger partial charge in [0.2, 0.25) is 0 Å². The molecule has 0 bridgehead atoms. The Hall–Kier alpha value is -1.39. The van der Waals surface area contributed by atoms with E-state index in [9.17, 15) is 4.79 Å². The maximum Gasteiger partial charge on any atom is 0.254 e. The van der Waals surface area contributed by atoms with E-state index < -0.39 is 0 Å². The SMILES string of the molecule is Cc1cccc(C(=O)N2CCN(C(C)CN)CC2)c1C. The summed E-state index contributed by atoms with van der Waals surface area (Å²) >= 11 is 0. The van der Waals surface area contributed by atoms with E-state index in [0.717, 1.165) is 37.3 Å². The predicted molar refractivity (Wildman–Crippen MR) is 81.9 cm³/mol. The van der Waals surface area contributed by atoms with Gasteiger partial charge in [-0.1, -0.05) is 12.1 Å². The normalized spacial score (nSPS) is 18.1. The number of hydrogen-bond donors (Lipinski definition) is 1. The lowest BCUT2D eigenvalue weighted by Gasteiger charge is -2.37. The Labute approximate surface area is 121 Å². The van der Waals surface area contributed by atoms with E-state index in [4.69, 9.17) is 5.73 Å². The first-order chi connectivity index (χ1) is 9.54. The van der Waals surface area contributed by atoms with Crippen LogP contribution in [0.4, 0.5) is 0 Å². The van der Waals surface area contributed by atoms with E-state index in [2.05, 4.69) is 11.8 Å². The molecule has 4 heteroatoms. The predicted octanol–water partition coefficient (Wildman–Crippen LogP) is 1.41. The standard InChI is InChI=1S/C16H25N3O/c1-12-5-4-6-15(14(12)3)16(20)19-9-7-18(8-10-19)13(2)11-17/h4-6,13H,7-11,17H2,1-3H3. The molecule has 0 spiro atoms. The van der Waals surface area contributed by atoms with Gasteiger partial charge in [-0.25, -0.2) is 0 Å². The van der Waals surface area contributed by atoms with Crippen LogP contribution in [0.15, 0.2) is 18.2 Å². The molecule has 110 valence electrons. The number of nitrogens with zero attached hydrogens (tertiary/aromatic N) is 2. The Morgan fingerprint density at radius 2 is 1.90 bits per heavy atom. The summed E-state index contributed by atoms with van der Waals surface area (Å²) in [4.78, 5) is 16.9. The summed E-state index contributed by atoms with van der Waals surface area (Å²) in [5.41, 5.74) is 8.81. The van der Waals surface area contributed by atoms with Gasteiger partial charge in [-0.3, -0.25) is 9.69 Å². The number of aryl methyl sites for hydroxylation is 1. The van der Waals surface area contributed by atoms with Gasteiger partial charge in [0, 0.05) is 44.3 Å². The molecular formula is C16H25N3O. The van der Waals surface area contributed by atoms with Gasteiger partial charge in [0.25, 0.3) is 5.91 Å². The second kappa shape index (κ2) is 6.37. The van der Waals surface area contributed by atoms with Crippen molar-refractivity contribution in [1.29, 1.82) is 0 Å². The lowest BCUT2D eigenvalue weighted by Crippen LogP contribution is -2.52. The van der Waals surface area contributed by atoms with Gasteiger partial charge >= 0.3 is 0 Å². The molecule has 4 nitrogen and oxygen atoms in total. The summed E-state index contributed by atoms with van der Waals surface area (Å²) in [6.45, 7) is 10.3. The monoisotopic (exact) mass is 275 g/mol. The van der Waals surface area contributed by atoms with E-state index in [1.807, 2.05) is 36.9 Å². The van der Waals surface area contributed by atoms with Crippen molar-refractivity contribution in [2.24, 2.45) is 5.73 Å². The molecule has 1 atom stereocenters. The van der Waals surface area contributed by atoms with Crippen molar-refractivity contribution < 1.29 is 4.79 Å². The molecule has 2 N–H and O–H groups in total. The molecule has 2 rings (SSSR count). The first kappa shape index (κ1) is 15.0. The fraction of sp³-hybridized carbons (Fsp3) is 0.562. The number of carbonyl (C=O) groups excluding carboxylic acids is 1. The van der Waals surface area contributed by atoms with Crippen molar-refractivity contribution >= 4 is 5.91 Å². The summed E-state index contributed by atoms with van der Waals surface area (Å²) in [5.74, 6) is 0.159. The smallest absolute Gasteiger partial charge is 0.254 e. The second-order valence-corrected chi connectivity index (χ2v) is 5.66. The van der Waals surface area contributed by atoms with E-state index in [1.54, 1.807) is 0 Å². The van der Waals surface area contributed by atoms with Gasteiger partial charge in [-0.2, -0.15) is 0 Å². The maximum atomic E-state index is 12.6. The molecule has 1 aliphatic rings. The minimum absolute atomic E-state index is 0.159. The average Bonchev–Trinajstić information content (AvgIpc) is 2.48. The Morgan fingerprint density at radius 3 is 2.50 bits per heavy atom. The maximum absolute atomic E-state index is 12.6. The van der Waals surface area contributed by atoms with Crippen LogP contribution in [0.1, 0.15) is 28.4 Å². The molecule has 0 radical (unpaired) electrons. The number of rotatable bonds is 3. The lowest BCUT2D eigenvalue weighted by atomic mass is 10.0. The van der Waals surface area contributed by atoms with Crippen LogP contribution in [0.3, 0.4) is 0 Å². The van der Waals surface area contributed by atoms with Crippen molar-refractivity contribution in [2.75, 3.05) is 32.7 Å². The largest absolute Gasteiger partial charge is 0.336 e. The zero-order chi connectivity index (χ0) is 14.7. The molecule has 1 saturated heterocycles. The van der Waals surface area contributed by atoms with Gasteiger partial charge in [0.15, 0.2) is 0 Å². The minimum atomic E-state index is 0.159. The average molecular weight is 275 g/mol. The summed E-state index contributed by atoms with van der Waals surface area (Å²) < 4.78 is 0. The number of hydrogen-bond acceptors (Lipinski definition) is 3. The summed E-state index contributed by atoms with van der Waals surface area (Å²) in [6, 6.07) is 6.34. The zero-order valence-electron chi connectivity index (χ0n) is 12.7. The second-order valence-electron chi connectivity index (χ2n) is 5.66. The molecule has 1 aliphatic heterocycles. The van der Waals surface area contributed by atoms with Gasteiger partial charge in [0.05, 0.1) is 0 Å². The Morgan fingerprint density at radius 1 is 1.25 bits per heavy atom. The van der Waals surface area contributed by atoms with E-state index in [0.29, 0.717) is 12.6 Å². The molecule has 20 heavy (non-hydrogen) atoms. The molecule has 1 heterocycles. The zero-order valence-corrected chi connectivity index (χ0v) is 12.7. The number of benzene rings is 1. The van der Waals surface area contributed by atoms with Gasteiger partial charge in [0.1, 0.15) is 0 Å². The highest BCUT2D eigenvalue weighted by Gasteiger charge is 2.25. The van der Waals surface area contributed by atoms with Crippen LogP contribution in [-0.4, -0.2) is 54.5 Å². The van der Waals surface area contributed by atoms with Crippen molar-refractivity contribution in [3.8, 4) is 0 Å². The van der Waals surface area contributed by atoms with Crippen molar-refractivity contribution in [1.82, 2.24) is 9.80 Å². The van der Waals surface area contributed by atoms with E-state index >= 15 is 0 Å². The number of piperazine rings is 1. The van der Waals surface area contributed by atoms with Gasteiger partial charge < -0.3 is 10.6 Å². The van der Waals surface area contributed by atoms with Crippen LogP contribution in [0.25, 0.3) is 0 Å². The van der Waals surface area contributed by atoms with Gasteiger partial charge in [-0.05, 0) is 38.0 Å². The Bertz CT molecular complexity index is 479. The molecule has 0 aromatic heterocycles. The van der Waals surface area contributed by atoms with Crippen LogP contribution in [-0.2, 0) is 0 Å².